The first-order valence-corrected chi connectivity index (χ1v) is 10.0. The minimum Gasteiger partial charge on any atom is -0.396 e. The number of thiazole rings is 1. The van der Waals surface area contributed by atoms with Crippen LogP contribution in [0, 0.1) is 11.8 Å². The first-order valence-electron chi connectivity index (χ1n) is 7.91. The SMILES string of the molecule is CSc1nc(C(=O)N2C[C@@H](CN3CCOCC3)[C@@H](CO)C2)cs1. The van der Waals surface area contributed by atoms with Crippen molar-refractivity contribution in [2.75, 3.05) is 58.8 Å². The van der Waals surface area contributed by atoms with Gasteiger partial charge < -0.3 is 14.7 Å². The number of hydrogen-bond acceptors (Lipinski definition) is 7. The van der Waals surface area contributed by atoms with Crippen LogP contribution in [0.15, 0.2) is 9.72 Å². The Labute approximate surface area is 144 Å². The Morgan fingerprint density at radius 1 is 1.43 bits per heavy atom. The van der Waals surface area contributed by atoms with E-state index in [0.29, 0.717) is 24.7 Å². The summed E-state index contributed by atoms with van der Waals surface area (Å²) in [7, 11) is 0. The summed E-state index contributed by atoms with van der Waals surface area (Å²) in [5.74, 6) is 0.464. The first kappa shape index (κ1) is 17.2. The molecule has 2 aliphatic heterocycles. The predicted molar refractivity (Wildman–Crippen MR) is 91.1 cm³/mol. The van der Waals surface area contributed by atoms with Gasteiger partial charge in [-0.05, 0) is 12.2 Å². The monoisotopic (exact) mass is 357 g/mol. The van der Waals surface area contributed by atoms with Crippen molar-refractivity contribution in [2.45, 2.75) is 4.34 Å². The molecule has 2 fully saturated rings. The highest BCUT2D eigenvalue weighted by molar-refractivity contribution is 8.00. The van der Waals surface area contributed by atoms with E-state index in [0.717, 1.165) is 37.2 Å². The van der Waals surface area contributed by atoms with Crippen LogP contribution in [0.4, 0.5) is 0 Å². The van der Waals surface area contributed by atoms with Gasteiger partial charge in [-0.15, -0.1) is 11.3 Å². The summed E-state index contributed by atoms with van der Waals surface area (Å²) in [6.07, 6.45) is 1.96. The average Bonchev–Trinajstić information content (AvgIpc) is 3.22. The fourth-order valence-electron chi connectivity index (χ4n) is 3.24. The molecule has 3 heterocycles. The van der Waals surface area contributed by atoms with Crippen molar-refractivity contribution in [3.8, 4) is 0 Å². The van der Waals surface area contributed by atoms with Gasteiger partial charge in [0, 0.05) is 50.6 Å². The predicted octanol–water partition coefficient (Wildman–Crippen LogP) is 0.878. The molecule has 0 unspecified atom stereocenters. The number of morpholine rings is 1. The summed E-state index contributed by atoms with van der Waals surface area (Å²) in [4.78, 5) is 21.2. The number of aliphatic hydroxyl groups excluding tert-OH is 1. The molecule has 0 radical (unpaired) electrons. The average molecular weight is 358 g/mol. The molecule has 2 saturated heterocycles. The van der Waals surface area contributed by atoms with Crippen LogP contribution in [0.1, 0.15) is 10.5 Å². The Balaban J connectivity index is 1.62. The van der Waals surface area contributed by atoms with E-state index in [1.165, 1.54) is 11.3 Å². The summed E-state index contributed by atoms with van der Waals surface area (Å²) in [5, 5.41) is 11.5. The van der Waals surface area contributed by atoms with Crippen molar-refractivity contribution < 1.29 is 14.6 Å². The molecule has 3 rings (SSSR count). The van der Waals surface area contributed by atoms with Crippen LogP contribution in [-0.4, -0.2) is 84.6 Å². The van der Waals surface area contributed by atoms with E-state index in [1.54, 1.807) is 11.8 Å². The molecule has 1 aromatic heterocycles. The summed E-state index contributed by atoms with van der Waals surface area (Å²) in [5.41, 5.74) is 0.531. The van der Waals surface area contributed by atoms with E-state index in [9.17, 15) is 9.90 Å². The fraction of sp³-hybridized carbons (Fsp3) is 0.733. The second-order valence-electron chi connectivity index (χ2n) is 6.03. The maximum atomic E-state index is 12.6. The summed E-state index contributed by atoms with van der Waals surface area (Å²) in [6.45, 7) is 5.80. The van der Waals surface area contributed by atoms with Crippen molar-refractivity contribution in [2.24, 2.45) is 11.8 Å². The van der Waals surface area contributed by atoms with E-state index in [4.69, 9.17) is 4.74 Å². The van der Waals surface area contributed by atoms with Gasteiger partial charge in [0.15, 0.2) is 0 Å². The van der Waals surface area contributed by atoms with Gasteiger partial charge in [0.1, 0.15) is 10.0 Å². The van der Waals surface area contributed by atoms with E-state index in [1.807, 2.05) is 16.5 Å². The number of nitrogens with zero attached hydrogens (tertiary/aromatic N) is 3. The molecule has 1 aromatic rings. The quantitative estimate of drug-likeness (QED) is 0.789. The maximum absolute atomic E-state index is 12.6. The van der Waals surface area contributed by atoms with Crippen LogP contribution in [0.5, 0.6) is 0 Å². The zero-order valence-corrected chi connectivity index (χ0v) is 14.9. The standard InChI is InChI=1S/C15H23N3O3S2/c1-22-15-16-13(10-23-15)14(20)18-7-11(12(8-18)9-19)6-17-2-4-21-5-3-17/h10-12,19H,2-9H2,1H3/t11-,12-/m1/s1. The molecular weight excluding hydrogens is 334 g/mol. The van der Waals surface area contributed by atoms with Gasteiger partial charge in [-0.25, -0.2) is 4.98 Å². The number of thioether (sulfide) groups is 1. The van der Waals surface area contributed by atoms with Crippen molar-refractivity contribution in [3.63, 3.8) is 0 Å². The number of likely N-dealkylation sites (tertiary alicyclic amines) is 1. The zero-order valence-electron chi connectivity index (χ0n) is 13.3. The molecule has 23 heavy (non-hydrogen) atoms. The Hall–Kier alpha value is -0.670. The smallest absolute Gasteiger partial charge is 0.273 e. The lowest BCUT2D eigenvalue weighted by Crippen LogP contribution is -2.41. The van der Waals surface area contributed by atoms with E-state index < -0.39 is 0 Å². The number of aromatic nitrogens is 1. The molecule has 6 nitrogen and oxygen atoms in total. The molecular formula is C15H23N3O3S2. The topological polar surface area (TPSA) is 65.9 Å². The summed E-state index contributed by atoms with van der Waals surface area (Å²) >= 11 is 3.06. The molecule has 128 valence electrons. The lowest BCUT2D eigenvalue weighted by atomic mass is 9.96. The van der Waals surface area contributed by atoms with E-state index in [2.05, 4.69) is 9.88 Å². The Kier molecular flexibility index (Phi) is 5.92. The third-order valence-corrected chi connectivity index (χ3v) is 6.43. The first-order chi connectivity index (χ1) is 11.2. The molecule has 2 aliphatic rings. The third kappa shape index (κ3) is 4.06. The van der Waals surface area contributed by atoms with Crippen LogP contribution in [0.25, 0.3) is 0 Å². The number of ether oxygens (including phenoxy) is 1. The highest BCUT2D eigenvalue weighted by atomic mass is 32.2. The molecule has 0 spiro atoms. The van der Waals surface area contributed by atoms with Gasteiger partial charge in [0.2, 0.25) is 0 Å². The number of carbonyl (C=O) groups excluding carboxylic acids is 1. The van der Waals surface area contributed by atoms with Crippen LogP contribution in [0.3, 0.4) is 0 Å². The minimum absolute atomic E-state index is 0.00974. The highest BCUT2D eigenvalue weighted by Gasteiger charge is 2.36. The maximum Gasteiger partial charge on any atom is 0.273 e. The molecule has 0 aliphatic carbocycles. The van der Waals surface area contributed by atoms with Gasteiger partial charge in [0.05, 0.1) is 13.2 Å². The number of amides is 1. The van der Waals surface area contributed by atoms with Gasteiger partial charge in [-0.2, -0.15) is 0 Å². The summed E-state index contributed by atoms with van der Waals surface area (Å²) < 4.78 is 6.30. The molecule has 8 heteroatoms. The number of rotatable bonds is 5. The van der Waals surface area contributed by atoms with Crippen molar-refractivity contribution in [1.82, 2.24) is 14.8 Å². The molecule has 0 saturated carbocycles. The largest absolute Gasteiger partial charge is 0.396 e. The Morgan fingerprint density at radius 2 is 2.17 bits per heavy atom. The lowest BCUT2D eigenvalue weighted by Gasteiger charge is -2.30. The van der Waals surface area contributed by atoms with Gasteiger partial charge in [0.25, 0.3) is 5.91 Å². The van der Waals surface area contributed by atoms with E-state index >= 15 is 0 Å². The lowest BCUT2D eigenvalue weighted by molar-refractivity contribution is 0.0264. The molecule has 2 atom stereocenters. The van der Waals surface area contributed by atoms with Gasteiger partial charge in [-0.3, -0.25) is 9.69 Å². The number of hydrogen-bond donors (Lipinski definition) is 1. The molecule has 0 bridgehead atoms. The fourth-order valence-corrected chi connectivity index (χ4v) is 4.48. The van der Waals surface area contributed by atoms with Gasteiger partial charge >= 0.3 is 0 Å². The van der Waals surface area contributed by atoms with Crippen LogP contribution in [-0.2, 0) is 4.74 Å². The van der Waals surface area contributed by atoms with E-state index in [-0.39, 0.29) is 18.4 Å². The van der Waals surface area contributed by atoms with Crippen LogP contribution >= 0.6 is 23.1 Å². The second-order valence-corrected chi connectivity index (χ2v) is 7.94. The Morgan fingerprint density at radius 3 is 2.83 bits per heavy atom. The zero-order chi connectivity index (χ0) is 16.2. The summed E-state index contributed by atoms with van der Waals surface area (Å²) in [6, 6.07) is 0. The molecule has 1 N–H and O–H groups in total. The van der Waals surface area contributed by atoms with Crippen LogP contribution in [0.2, 0.25) is 0 Å². The molecule has 0 aromatic carbocycles. The molecule has 1 amide bonds. The minimum atomic E-state index is -0.00974. The number of carbonyl (C=O) groups is 1. The van der Waals surface area contributed by atoms with Gasteiger partial charge in [-0.1, -0.05) is 11.8 Å². The van der Waals surface area contributed by atoms with Crippen LogP contribution < -0.4 is 0 Å². The highest BCUT2D eigenvalue weighted by Crippen LogP contribution is 2.27. The second kappa shape index (κ2) is 7.94. The Bertz CT molecular complexity index is 534. The van der Waals surface area contributed by atoms with Crippen molar-refractivity contribution in [3.05, 3.63) is 11.1 Å². The van der Waals surface area contributed by atoms with Crippen molar-refractivity contribution >= 4 is 29.0 Å². The third-order valence-electron chi connectivity index (χ3n) is 4.57. The normalized spacial score (nSPS) is 25.9. The number of aliphatic hydroxyl groups is 1. The van der Waals surface area contributed by atoms with Crippen molar-refractivity contribution in [1.29, 1.82) is 0 Å².